The van der Waals surface area contributed by atoms with Gasteiger partial charge < -0.3 is 10.8 Å². The molecular weight excluding hydrogens is 188 g/mol. The number of nitrogens with two attached hydrogens (primary N) is 1. The van der Waals surface area contributed by atoms with Gasteiger partial charge in [-0.2, -0.15) is 0 Å². The maximum Gasteiger partial charge on any atom is 0.139 e. The van der Waals surface area contributed by atoms with Crippen LogP contribution in [0.2, 0.25) is 0 Å². The fourth-order valence-electron chi connectivity index (χ4n) is 1.89. The van der Waals surface area contributed by atoms with E-state index in [2.05, 4.69) is 4.98 Å². The van der Waals surface area contributed by atoms with E-state index < -0.39 is 0 Å². The molecule has 0 atom stereocenters. The van der Waals surface area contributed by atoms with Crippen LogP contribution in [-0.4, -0.2) is 15.6 Å². The second-order valence-corrected chi connectivity index (χ2v) is 4.72. The van der Waals surface area contributed by atoms with E-state index in [0.29, 0.717) is 11.4 Å². The van der Waals surface area contributed by atoms with E-state index >= 15 is 0 Å². The fraction of sp³-hybridized carbons (Fsp3) is 0.583. The Morgan fingerprint density at radius 1 is 1.47 bits per heavy atom. The van der Waals surface area contributed by atoms with Crippen molar-refractivity contribution in [1.29, 1.82) is 0 Å². The van der Waals surface area contributed by atoms with Gasteiger partial charge in [0, 0.05) is 11.2 Å². The van der Waals surface area contributed by atoms with Crippen LogP contribution in [0.4, 0.5) is 0 Å². The minimum absolute atomic E-state index is 0.0531. The van der Waals surface area contributed by atoms with Crippen molar-refractivity contribution in [2.75, 3.05) is 0 Å². The summed E-state index contributed by atoms with van der Waals surface area (Å²) in [5.41, 5.74) is 8.73. The Morgan fingerprint density at radius 2 is 2.13 bits per heavy atom. The third-order valence-electron chi connectivity index (χ3n) is 3.16. The Bertz CT molecular complexity index is 383. The molecule has 1 aliphatic carbocycles. The lowest BCUT2D eigenvalue weighted by atomic mass is 10.0. The number of pyridine rings is 1. The highest BCUT2D eigenvalue weighted by Gasteiger charge is 2.37. The quantitative estimate of drug-likeness (QED) is 0.793. The van der Waals surface area contributed by atoms with Crippen molar-refractivity contribution in [1.82, 2.24) is 4.98 Å². The van der Waals surface area contributed by atoms with Gasteiger partial charge in [0.2, 0.25) is 0 Å². The van der Waals surface area contributed by atoms with Gasteiger partial charge in [-0.1, -0.05) is 0 Å². The average molecular weight is 206 g/mol. The standard InChI is InChI=1S/C12H18N2O/c1-8-7-10(11(15)9(2)14-8)3-4-12(13)5-6-12/h7,15H,3-6,13H2,1-2H3. The summed E-state index contributed by atoms with van der Waals surface area (Å²) in [5.74, 6) is 0.338. The van der Waals surface area contributed by atoms with Crippen LogP contribution in [0.5, 0.6) is 5.75 Å². The van der Waals surface area contributed by atoms with E-state index in [0.717, 1.165) is 36.9 Å². The minimum Gasteiger partial charge on any atom is -0.506 e. The highest BCUT2D eigenvalue weighted by molar-refractivity contribution is 5.37. The topological polar surface area (TPSA) is 59.1 Å². The van der Waals surface area contributed by atoms with Gasteiger partial charge in [-0.15, -0.1) is 0 Å². The second kappa shape index (κ2) is 3.49. The molecule has 0 bridgehead atoms. The van der Waals surface area contributed by atoms with Crippen molar-refractivity contribution in [3.8, 4) is 5.75 Å². The lowest BCUT2D eigenvalue weighted by Crippen LogP contribution is -2.22. The summed E-state index contributed by atoms with van der Waals surface area (Å²) in [6, 6.07) is 1.95. The van der Waals surface area contributed by atoms with E-state index in [4.69, 9.17) is 5.73 Å². The second-order valence-electron chi connectivity index (χ2n) is 4.72. The molecule has 0 spiro atoms. The number of hydrogen-bond acceptors (Lipinski definition) is 3. The Hall–Kier alpha value is -1.09. The van der Waals surface area contributed by atoms with Gasteiger partial charge in [0.15, 0.2) is 0 Å². The summed E-state index contributed by atoms with van der Waals surface area (Å²) in [6.07, 6.45) is 4.06. The van der Waals surface area contributed by atoms with Crippen LogP contribution in [0, 0.1) is 13.8 Å². The molecule has 1 aromatic rings. The van der Waals surface area contributed by atoms with Crippen LogP contribution in [0.25, 0.3) is 0 Å². The van der Waals surface area contributed by atoms with Crippen LogP contribution in [-0.2, 0) is 6.42 Å². The number of rotatable bonds is 3. The molecule has 1 saturated carbocycles. The highest BCUT2D eigenvalue weighted by Crippen LogP contribution is 2.37. The first-order valence-electron chi connectivity index (χ1n) is 5.45. The van der Waals surface area contributed by atoms with Gasteiger partial charge in [0.1, 0.15) is 5.75 Å². The first-order chi connectivity index (χ1) is 7.00. The molecule has 0 radical (unpaired) electrons. The molecular formula is C12H18N2O. The van der Waals surface area contributed by atoms with Crippen LogP contribution in [0.3, 0.4) is 0 Å². The zero-order valence-corrected chi connectivity index (χ0v) is 9.38. The van der Waals surface area contributed by atoms with Crippen molar-refractivity contribution >= 4 is 0 Å². The molecule has 3 nitrogen and oxygen atoms in total. The van der Waals surface area contributed by atoms with Crippen molar-refractivity contribution in [3.05, 3.63) is 23.0 Å². The number of hydrogen-bond donors (Lipinski definition) is 2. The molecule has 0 amide bonds. The Kier molecular flexibility index (Phi) is 2.43. The smallest absolute Gasteiger partial charge is 0.139 e. The maximum absolute atomic E-state index is 9.84. The van der Waals surface area contributed by atoms with E-state index in [9.17, 15) is 5.11 Å². The number of aromatic nitrogens is 1. The first-order valence-corrected chi connectivity index (χ1v) is 5.45. The summed E-state index contributed by atoms with van der Waals surface area (Å²) in [6.45, 7) is 3.78. The van der Waals surface area contributed by atoms with Gasteiger partial charge in [-0.05, 0) is 51.2 Å². The summed E-state index contributed by atoms with van der Waals surface area (Å²) in [4.78, 5) is 4.21. The maximum atomic E-state index is 9.84. The van der Waals surface area contributed by atoms with Crippen molar-refractivity contribution in [2.24, 2.45) is 5.73 Å². The Labute approximate surface area is 90.3 Å². The molecule has 1 aromatic heterocycles. The third kappa shape index (κ3) is 2.29. The summed E-state index contributed by atoms with van der Waals surface area (Å²) in [7, 11) is 0. The summed E-state index contributed by atoms with van der Waals surface area (Å²) >= 11 is 0. The van der Waals surface area contributed by atoms with Crippen LogP contribution in [0.1, 0.15) is 36.2 Å². The van der Waals surface area contributed by atoms with Crippen LogP contribution >= 0.6 is 0 Å². The fourth-order valence-corrected chi connectivity index (χ4v) is 1.89. The number of aromatic hydroxyl groups is 1. The largest absolute Gasteiger partial charge is 0.506 e. The predicted molar refractivity (Wildman–Crippen MR) is 59.8 cm³/mol. The Morgan fingerprint density at radius 3 is 2.73 bits per heavy atom. The lowest BCUT2D eigenvalue weighted by Gasteiger charge is -2.11. The molecule has 2 rings (SSSR count). The normalized spacial score (nSPS) is 17.8. The first kappa shape index (κ1) is 10.4. The van der Waals surface area contributed by atoms with E-state index in [1.54, 1.807) is 0 Å². The van der Waals surface area contributed by atoms with E-state index in [-0.39, 0.29) is 5.54 Å². The Balaban J connectivity index is 2.13. The van der Waals surface area contributed by atoms with Gasteiger partial charge in [-0.25, -0.2) is 0 Å². The molecule has 1 heterocycles. The van der Waals surface area contributed by atoms with Gasteiger partial charge in [0.05, 0.1) is 5.69 Å². The van der Waals surface area contributed by atoms with Gasteiger partial charge in [0.25, 0.3) is 0 Å². The average Bonchev–Trinajstić information content (AvgIpc) is 2.88. The van der Waals surface area contributed by atoms with Gasteiger partial charge >= 0.3 is 0 Å². The molecule has 0 aliphatic heterocycles. The SMILES string of the molecule is Cc1cc(CCC2(N)CC2)c(O)c(C)n1. The summed E-state index contributed by atoms with van der Waals surface area (Å²) < 4.78 is 0. The molecule has 82 valence electrons. The van der Waals surface area contributed by atoms with E-state index in [1.165, 1.54) is 0 Å². The molecule has 15 heavy (non-hydrogen) atoms. The number of nitrogens with zero attached hydrogens (tertiary/aromatic N) is 1. The molecule has 3 heteroatoms. The van der Waals surface area contributed by atoms with Crippen LogP contribution in [0.15, 0.2) is 6.07 Å². The molecule has 1 fully saturated rings. The lowest BCUT2D eigenvalue weighted by molar-refractivity contribution is 0.456. The highest BCUT2D eigenvalue weighted by atomic mass is 16.3. The molecule has 3 N–H and O–H groups in total. The predicted octanol–water partition coefficient (Wildman–Crippen LogP) is 1.83. The molecule has 1 aliphatic rings. The summed E-state index contributed by atoms with van der Waals surface area (Å²) in [5, 5.41) is 9.84. The third-order valence-corrected chi connectivity index (χ3v) is 3.16. The monoisotopic (exact) mass is 206 g/mol. The van der Waals surface area contributed by atoms with Crippen molar-refractivity contribution in [2.45, 2.75) is 45.1 Å². The van der Waals surface area contributed by atoms with Gasteiger partial charge in [-0.3, -0.25) is 4.98 Å². The van der Waals surface area contributed by atoms with Crippen molar-refractivity contribution < 1.29 is 5.11 Å². The molecule has 0 aromatic carbocycles. The molecule has 0 saturated heterocycles. The van der Waals surface area contributed by atoms with E-state index in [1.807, 2.05) is 19.9 Å². The number of aryl methyl sites for hydroxylation is 3. The van der Waals surface area contributed by atoms with Crippen LogP contribution < -0.4 is 5.73 Å². The minimum atomic E-state index is 0.0531. The molecule has 0 unspecified atom stereocenters. The zero-order chi connectivity index (χ0) is 11.1. The zero-order valence-electron chi connectivity index (χ0n) is 9.38. The van der Waals surface area contributed by atoms with Crippen molar-refractivity contribution in [3.63, 3.8) is 0 Å².